The van der Waals surface area contributed by atoms with E-state index in [1.54, 1.807) is 42.5 Å². The number of hydrogen-bond acceptors (Lipinski definition) is 6. The van der Waals surface area contributed by atoms with Crippen molar-refractivity contribution in [2.24, 2.45) is 0 Å². The summed E-state index contributed by atoms with van der Waals surface area (Å²) in [7, 11) is 3.29. The van der Waals surface area contributed by atoms with E-state index in [4.69, 9.17) is 14.2 Å². The van der Waals surface area contributed by atoms with Crippen LogP contribution in [0.25, 0.3) is 0 Å². The molecular formula is C19H23NO5S. The number of esters is 1. The first-order valence-corrected chi connectivity index (χ1v) is 9.20. The molecule has 1 aromatic carbocycles. The number of likely N-dealkylation sites (N-methyl/N-ethyl adjacent to an activating group) is 1. The molecule has 2 rings (SSSR count). The number of methoxy groups -OCH3 is 1. The molecule has 0 saturated heterocycles. The van der Waals surface area contributed by atoms with Gasteiger partial charge in [0, 0.05) is 20.0 Å². The summed E-state index contributed by atoms with van der Waals surface area (Å²) in [4.78, 5) is 25.2. The molecule has 2 aromatic rings. The second-order valence-electron chi connectivity index (χ2n) is 5.67. The molecule has 1 amide bonds. The normalized spacial score (nSPS) is 10.2. The Hall–Kier alpha value is -2.54. The Balaban J connectivity index is 1.58. The van der Waals surface area contributed by atoms with Gasteiger partial charge in [-0.05, 0) is 53.1 Å². The number of amides is 1. The minimum Gasteiger partial charge on any atom is -0.497 e. The molecule has 140 valence electrons. The van der Waals surface area contributed by atoms with E-state index in [2.05, 4.69) is 0 Å². The second kappa shape index (κ2) is 10.5. The lowest BCUT2D eigenvalue weighted by atomic mass is 10.3. The summed E-state index contributed by atoms with van der Waals surface area (Å²) in [5, 5.41) is 3.94. The molecule has 26 heavy (non-hydrogen) atoms. The summed E-state index contributed by atoms with van der Waals surface area (Å²) in [6.07, 6.45) is 0.724. The van der Waals surface area contributed by atoms with E-state index < -0.39 is 5.97 Å². The van der Waals surface area contributed by atoms with Gasteiger partial charge in [-0.15, -0.1) is 0 Å². The number of carbonyl (C=O) groups is 2. The highest BCUT2D eigenvalue weighted by atomic mass is 32.1. The highest BCUT2D eigenvalue weighted by molar-refractivity contribution is 7.07. The number of carbonyl (C=O) groups excluding carboxylic acids is 2. The van der Waals surface area contributed by atoms with Gasteiger partial charge in [0.15, 0.2) is 6.61 Å². The molecule has 0 aliphatic heterocycles. The molecule has 0 unspecified atom stereocenters. The number of ether oxygens (including phenoxy) is 3. The van der Waals surface area contributed by atoms with E-state index in [1.165, 1.54) is 0 Å². The molecule has 1 heterocycles. The molecule has 0 aliphatic carbocycles. The minimum absolute atomic E-state index is 0.206. The topological polar surface area (TPSA) is 65.1 Å². The van der Waals surface area contributed by atoms with E-state index in [0.717, 1.165) is 11.3 Å². The fraction of sp³-hybridized carbons (Fsp3) is 0.368. The zero-order valence-electron chi connectivity index (χ0n) is 15.0. The molecule has 1 aromatic heterocycles. The van der Waals surface area contributed by atoms with Crippen LogP contribution >= 0.6 is 11.3 Å². The highest BCUT2D eigenvalue weighted by Crippen LogP contribution is 2.17. The van der Waals surface area contributed by atoms with Crippen molar-refractivity contribution >= 4 is 23.2 Å². The van der Waals surface area contributed by atoms with E-state index in [9.17, 15) is 9.59 Å². The third kappa shape index (κ3) is 6.76. The van der Waals surface area contributed by atoms with Gasteiger partial charge in [0.2, 0.25) is 0 Å². The van der Waals surface area contributed by atoms with Gasteiger partial charge in [-0.25, -0.2) is 0 Å². The van der Waals surface area contributed by atoms with E-state index in [1.807, 2.05) is 29.0 Å². The van der Waals surface area contributed by atoms with Gasteiger partial charge in [-0.1, -0.05) is 0 Å². The zero-order valence-corrected chi connectivity index (χ0v) is 15.8. The molecule has 6 nitrogen and oxygen atoms in total. The predicted octanol–water partition coefficient (Wildman–Crippen LogP) is 3.12. The van der Waals surface area contributed by atoms with Gasteiger partial charge in [0.25, 0.3) is 5.91 Å². The number of hydrogen-bond donors (Lipinski definition) is 0. The Morgan fingerprint density at radius 2 is 1.85 bits per heavy atom. The van der Waals surface area contributed by atoms with Crippen LogP contribution in [0.15, 0.2) is 41.1 Å². The number of rotatable bonds is 10. The quantitative estimate of drug-likeness (QED) is 0.470. The summed E-state index contributed by atoms with van der Waals surface area (Å²) in [5.74, 6) is 0.846. The third-order valence-corrected chi connectivity index (χ3v) is 4.37. The summed E-state index contributed by atoms with van der Waals surface area (Å²) in [6, 6.07) is 9.19. The van der Waals surface area contributed by atoms with Crippen LogP contribution in [0.4, 0.5) is 0 Å². The number of thiophene rings is 1. The Morgan fingerprint density at radius 1 is 1.12 bits per heavy atom. The Labute approximate surface area is 157 Å². The van der Waals surface area contributed by atoms with Crippen molar-refractivity contribution < 1.29 is 23.8 Å². The smallest absolute Gasteiger partial charge is 0.306 e. The summed E-state index contributed by atoms with van der Waals surface area (Å²) in [6.45, 7) is 0.668. The first-order valence-electron chi connectivity index (χ1n) is 8.26. The largest absolute Gasteiger partial charge is 0.497 e. The van der Waals surface area contributed by atoms with Crippen LogP contribution in [0.2, 0.25) is 0 Å². The van der Waals surface area contributed by atoms with Crippen molar-refractivity contribution in [2.45, 2.75) is 19.4 Å². The molecule has 0 bridgehead atoms. The lowest BCUT2D eigenvalue weighted by Crippen LogP contribution is -2.30. The first-order chi connectivity index (χ1) is 12.6. The molecule has 0 N–H and O–H groups in total. The number of nitrogens with zero attached hydrogens (tertiary/aromatic N) is 1. The molecule has 0 fully saturated rings. The Morgan fingerprint density at radius 3 is 2.50 bits per heavy atom. The van der Waals surface area contributed by atoms with E-state index in [-0.39, 0.29) is 18.9 Å². The fourth-order valence-electron chi connectivity index (χ4n) is 2.15. The van der Waals surface area contributed by atoms with Crippen molar-refractivity contribution in [3.05, 3.63) is 46.7 Å². The first kappa shape index (κ1) is 19.8. The van der Waals surface area contributed by atoms with Gasteiger partial charge in [0.05, 0.1) is 13.7 Å². The SMILES string of the molecule is COc1ccc(OCCCC(=O)OCC(=O)N(C)Cc2ccsc2)cc1. The average Bonchev–Trinajstić information content (AvgIpc) is 3.16. The number of benzene rings is 1. The monoisotopic (exact) mass is 377 g/mol. The Bertz CT molecular complexity index is 684. The maximum absolute atomic E-state index is 12.0. The van der Waals surface area contributed by atoms with Crippen LogP contribution in [-0.4, -0.2) is 44.1 Å². The highest BCUT2D eigenvalue weighted by Gasteiger charge is 2.12. The standard InChI is InChI=1S/C19H23NO5S/c1-20(12-15-9-11-26-14-15)18(21)13-25-19(22)4-3-10-24-17-7-5-16(23-2)6-8-17/h5-9,11,14H,3-4,10,12-13H2,1-2H3. The molecule has 0 aliphatic rings. The summed E-state index contributed by atoms with van der Waals surface area (Å²) in [5.41, 5.74) is 1.06. The summed E-state index contributed by atoms with van der Waals surface area (Å²) >= 11 is 1.58. The van der Waals surface area contributed by atoms with Gasteiger partial charge >= 0.3 is 5.97 Å². The maximum Gasteiger partial charge on any atom is 0.306 e. The predicted molar refractivity (Wildman–Crippen MR) is 99.5 cm³/mol. The van der Waals surface area contributed by atoms with Crippen LogP contribution in [0.5, 0.6) is 11.5 Å². The van der Waals surface area contributed by atoms with Crippen LogP contribution in [0.1, 0.15) is 18.4 Å². The summed E-state index contributed by atoms with van der Waals surface area (Å²) < 4.78 is 15.6. The second-order valence-corrected chi connectivity index (χ2v) is 6.45. The third-order valence-electron chi connectivity index (χ3n) is 3.64. The van der Waals surface area contributed by atoms with Crippen LogP contribution in [0, 0.1) is 0 Å². The van der Waals surface area contributed by atoms with E-state index in [0.29, 0.717) is 25.3 Å². The molecular weight excluding hydrogens is 354 g/mol. The molecule has 0 saturated carbocycles. The maximum atomic E-state index is 12.0. The fourth-order valence-corrected chi connectivity index (χ4v) is 2.81. The zero-order chi connectivity index (χ0) is 18.8. The van der Waals surface area contributed by atoms with Gasteiger partial charge < -0.3 is 19.1 Å². The van der Waals surface area contributed by atoms with Gasteiger partial charge in [0.1, 0.15) is 11.5 Å². The van der Waals surface area contributed by atoms with Crippen LogP contribution in [-0.2, 0) is 20.9 Å². The van der Waals surface area contributed by atoms with Gasteiger partial charge in [-0.2, -0.15) is 11.3 Å². The van der Waals surface area contributed by atoms with Crippen molar-refractivity contribution in [1.29, 1.82) is 0 Å². The van der Waals surface area contributed by atoms with Crippen molar-refractivity contribution in [3.8, 4) is 11.5 Å². The Kier molecular flexibility index (Phi) is 7.95. The van der Waals surface area contributed by atoms with Gasteiger partial charge in [-0.3, -0.25) is 9.59 Å². The van der Waals surface area contributed by atoms with E-state index >= 15 is 0 Å². The van der Waals surface area contributed by atoms with Crippen LogP contribution < -0.4 is 9.47 Å². The van der Waals surface area contributed by atoms with Crippen molar-refractivity contribution in [2.75, 3.05) is 27.4 Å². The molecule has 0 atom stereocenters. The average molecular weight is 377 g/mol. The van der Waals surface area contributed by atoms with Crippen LogP contribution in [0.3, 0.4) is 0 Å². The molecule has 0 radical (unpaired) electrons. The lowest BCUT2D eigenvalue weighted by molar-refractivity contribution is -0.151. The van der Waals surface area contributed by atoms with Crippen molar-refractivity contribution in [1.82, 2.24) is 4.90 Å². The molecule has 7 heteroatoms. The van der Waals surface area contributed by atoms with Crippen molar-refractivity contribution in [3.63, 3.8) is 0 Å². The lowest BCUT2D eigenvalue weighted by Gasteiger charge is -2.16. The molecule has 0 spiro atoms. The minimum atomic E-state index is -0.402.